The molecule has 0 fully saturated rings. The SMILES string of the molecule is CCOC(=O)c1cnn(-c2cccc(NC(=O)Cn3cnc4c(C)cccc4c3=O)c2)c1C. The van der Waals surface area contributed by atoms with E-state index in [4.69, 9.17) is 4.74 Å². The third-order valence-electron chi connectivity index (χ3n) is 5.25. The molecule has 0 saturated heterocycles. The Kier molecular flexibility index (Phi) is 6.03. The molecule has 168 valence electrons. The van der Waals surface area contributed by atoms with Gasteiger partial charge in [0, 0.05) is 5.69 Å². The van der Waals surface area contributed by atoms with E-state index < -0.39 is 5.97 Å². The van der Waals surface area contributed by atoms with E-state index in [9.17, 15) is 14.4 Å². The molecule has 0 atom stereocenters. The Bertz CT molecular complexity index is 1420. The topological polar surface area (TPSA) is 108 Å². The van der Waals surface area contributed by atoms with Crippen molar-refractivity contribution in [2.24, 2.45) is 0 Å². The van der Waals surface area contributed by atoms with Gasteiger partial charge in [-0.3, -0.25) is 14.2 Å². The fourth-order valence-electron chi connectivity index (χ4n) is 3.60. The van der Waals surface area contributed by atoms with Crippen LogP contribution in [0.3, 0.4) is 0 Å². The molecule has 9 heteroatoms. The summed E-state index contributed by atoms with van der Waals surface area (Å²) < 4.78 is 7.93. The zero-order valence-electron chi connectivity index (χ0n) is 18.5. The molecule has 0 aliphatic rings. The summed E-state index contributed by atoms with van der Waals surface area (Å²) >= 11 is 0. The standard InChI is InChI=1S/C24H23N5O4/c1-4-33-24(32)20-12-26-29(16(20)3)18-9-6-8-17(11-18)27-21(30)13-28-14-25-22-15(2)7-5-10-19(22)23(28)31/h5-12,14H,4,13H2,1-3H3,(H,27,30). The minimum absolute atomic E-state index is 0.173. The summed E-state index contributed by atoms with van der Waals surface area (Å²) in [6, 6.07) is 12.4. The lowest BCUT2D eigenvalue weighted by atomic mass is 10.1. The van der Waals surface area contributed by atoms with Crippen molar-refractivity contribution in [2.45, 2.75) is 27.3 Å². The first-order valence-electron chi connectivity index (χ1n) is 10.5. The largest absolute Gasteiger partial charge is 0.462 e. The van der Waals surface area contributed by atoms with E-state index in [1.165, 1.54) is 17.1 Å². The van der Waals surface area contributed by atoms with Gasteiger partial charge in [-0.1, -0.05) is 18.2 Å². The average Bonchev–Trinajstić information content (AvgIpc) is 3.18. The Morgan fingerprint density at radius 1 is 1.12 bits per heavy atom. The highest BCUT2D eigenvalue weighted by Crippen LogP contribution is 2.19. The van der Waals surface area contributed by atoms with Gasteiger partial charge in [0.2, 0.25) is 5.91 Å². The van der Waals surface area contributed by atoms with Crippen molar-refractivity contribution in [1.29, 1.82) is 0 Å². The molecule has 0 aliphatic carbocycles. The number of carbonyl (C=O) groups excluding carboxylic acids is 2. The second-order valence-electron chi connectivity index (χ2n) is 7.52. The number of rotatable bonds is 6. The molecule has 0 unspecified atom stereocenters. The van der Waals surface area contributed by atoms with Gasteiger partial charge in [-0.2, -0.15) is 5.10 Å². The number of hydrogen-bond acceptors (Lipinski definition) is 6. The monoisotopic (exact) mass is 445 g/mol. The number of para-hydroxylation sites is 1. The summed E-state index contributed by atoms with van der Waals surface area (Å²) in [5.41, 5.74) is 3.46. The smallest absolute Gasteiger partial charge is 0.341 e. The zero-order chi connectivity index (χ0) is 23.5. The molecule has 2 aromatic heterocycles. The maximum absolute atomic E-state index is 12.7. The van der Waals surface area contributed by atoms with Crippen molar-refractivity contribution in [3.8, 4) is 5.69 Å². The molecular formula is C24H23N5O4. The number of aryl methyl sites for hydroxylation is 1. The van der Waals surface area contributed by atoms with Crippen molar-refractivity contribution in [3.63, 3.8) is 0 Å². The fourth-order valence-corrected chi connectivity index (χ4v) is 3.60. The third kappa shape index (κ3) is 4.38. The highest BCUT2D eigenvalue weighted by Gasteiger charge is 2.16. The lowest BCUT2D eigenvalue weighted by molar-refractivity contribution is -0.116. The number of aromatic nitrogens is 4. The first-order valence-corrected chi connectivity index (χ1v) is 10.5. The molecular weight excluding hydrogens is 422 g/mol. The van der Waals surface area contributed by atoms with Crippen LogP contribution >= 0.6 is 0 Å². The minimum Gasteiger partial charge on any atom is -0.462 e. The second-order valence-corrected chi connectivity index (χ2v) is 7.52. The Balaban J connectivity index is 1.53. The van der Waals surface area contributed by atoms with Crippen LogP contribution < -0.4 is 10.9 Å². The van der Waals surface area contributed by atoms with Gasteiger partial charge in [0.05, 0.1) is 41.4 Å². The van der Waals surface area contributed by atoms with Crippen LogP contribution in [0.2, 0.25) is 0 Å². The minimum atomic E-state index is -0.435. The molecule has 0 saturated carbocycles. The van der Waals surface area contributed by atoms with Crippen molar-refractivity contribution in [3.05, 3.63) is 82.2 Å². The normalized spacial score (nSPS) is 10.9. The molecule has 1 N–H and O–H groups in total. The van der Waals surface area contributed by atoms with Crippen molar-refractivity contribution >= 4 is 28.5 Å². The van der Waals surface area contributed by atoms with Crippen molar-refractivity contribution < 1.29 is 14.3 Å². The average molecular weight is 445 g/mol. The van der Waals surface area contributed by atoms with E-state index >= 15 is 0 Å². The van der Waals surface area contributed by atoms with Crippen LogP contribution in [0.25, 0.3) is 16.6 Å². The summed E-state index contributed by atoms with van der Waals surface area (Å²) in [5.74, 6) is -0.803. The van der Waals surface area contributed by atoms with Crippen molar-refractivity contribution in [1.82, 2.24) is 19.3 Å². The van der Waals surface area contributed by atoms with E-state index in [0.717, 1.165) is 5.56 Å². The Morgan fingerprint density at radius 2 is 1.91 bits per heavy atom. The lowest BCUT2D eigenvalue weighted by Crippen LogP contribution is -2.28. The van der Waals surface area contributed by atoms with Gasteiger partial charge in [-0.15, -0.1) is 0 Å². The molecule has 0 bridgehead atoms. The molecule has 2 aromatic carbocycles. The maximum Gasteiger partial charge on any atom is 0.341 e. The Morgan fingerprint density at radius 3 is 2.70 bits per heavy atom. The number of hydrogen-bond donors (Lipinski definition) is 1. The van der Waals surface area contributed by atoms with Gasteiger partial charge in [-0.25, -0.2) is 14.5 Å². The highest BCUT2D eigenvalue weighted by molar-refractivity contribution is 5.92. The first-order chi connectivity index (χ1) is 15.9. The summed E-state index contributed by atoms with van der Waals surface area (Å²) in [5, 5.41) is 7.54. The molecule has 0 aliphatic heterocycles. The van der Waals surface area contributed by atoms with Gasteiger partial charge in [-0.05, 0) is 50.6 Å². The highest BCUT2D eigenvalue weighted by atomic mass is 16.5. The van der Waals surface area contributed by atoms with Crippen LogP contribution in [0.15, 0.2) is 59.8 Å². The van der Waals surface area contributed by atoms with E-state index in [2.05, 4.69) is 15.4 Å². The van der Waals surface area contributed by atoms with Crippen LogP contribution in [0.4, 0.5) is 5.69 Å². The number of anilines is 1. The predicted molar refractivity (Wildman–Crippen MR) is 124 cm³/mol. The van der Waals surface area contributed by atoms with Gasteiger partial charge >= 0.3 is 5.97 Å². The quantitative estimate of drug-likeness (QED) is 0.457. The number of amides is 1. The van der Waals surface area contributed by atoms with Gasteiger partial charge in [0.1, 0.15) is 12.1 Å². The van der Waals surface area contributed by atoms with E-state index in [-0.39, 0.29) is 24.6 Å². The van der Waals surface area contributed by atoms with Gasteiger partial charge < -0.3 is 10.1 Å². The van der Waals surface area contributed by atoms with Crippen LogP contribution in [-0.4, -0.2) is 37.8 Å². The van der Waals surface area contributed by atoms with Gasteiger partial charge in [0.25, 0.3) is 5.56 Å². The first kappa shape index (κ1) is 21.9. The molecule has 2 heterocycles. The molecule has 4 rings (SSSR count). The molecule has 1 amide bonds. The molecule has 0 spiro atoms. The molecule has 4 aromatic rings. The molecule has 0 radical (unpaired) electrons. The summed E-state index contributed by atoms with van der Waals surface area (Å²) in [4.78, 5) is 41.8. The predicted octanol–water partition coefficient (Wildman–Crippen LogP) is 3.01. The van der Waals surface area contributed by atoms with Crippen LogP contribution in [0.1, 0.15) is 28.5 Å². The fraction of sp³-hybridized carbons (Fsp3) is 0.208. The molecule has 9 nitrogen and oxygen atoms in total. The summed E-state index contributed by atoms with van der Waals surface area (Å²) in [6.07, 6.45) is 2.84. The van der Waals surface area contributed by atoms with E-state index in [1.54, 1.807) is 48.9 Å². The number of esters is 1. The number of nitrogens with zero attached hydrogens (tertiary/aromatic N) is 4. The van der Waals surface area contributed by atoms with Crippen LogP contribution in [-0.2, 0) is 16.1 Å². The van der Waals surface area contributed by atoms with E-state index in [0.29, 0.717) is 33.5 Å². The van der Waals surface area contributed by atoms with Crippen LogP contribution in [0.5, 0.6) is 0 Å². The number of nitrogens with one attached hydrogen (secondary N) is 1. The summed E-state index contributed by atoms with van der Waals surface area (Å²) in [6.45, 7) is 5.50. The second kappa shape index (κ2) is 9.07. The summed E-state index contributed by atoms with van der Waals surface area (Å²) in [7, 11) is 0. The Labute approximate surface area is 189 Å². The number of carbonyl (C=O) groups is 2. The lowest BCUT2D eigenvalue weighted by Gasteiger charge is -2.11. The maximum atomic E-state index is 12.7. The van der Waals surface area contributed by atoms with Gasteiger partial charge in [0.15, 0.2) is 0 Å². The van der Waals surface area contributed by atoms with Crippen molar-refractivity contribution in [2.75, 3.05) is 11.9 Å². The molecule has 33 heavy (non-hydrogen) atoms. The number of ether oxygens (including phenoxy) is 1. The van der Waals surface area contributed by atoms with E-state index in [1.807, 2.05) is 19.1 Å². The van der Waals surface area contributed by atoms with Crippen LogP contribution in [0, 0.1) is 13.8 Å². The zero-order valence-corrected chi connectivity index (χ0v) is 18.5. The third-order valence-corrected chi connectivity index (χ3v) is 5.25. The Hall–Kier alpha value is -4.27. The number of benzene rings is 2. The number of fused-ring (bicyclic) bond motifs is 1.